The average Bonchev–Trinajstić information content (AvgIpc) is 2.99. The minimum absolute atomic E-state index is 0.127. The first kappa shape index (κ1) is 20.1. The number of aromatic amines is 1. The molecule has 2 rings (SSSR count). The molecule has 0 unspecified atom stereocenters. The molecule has 1 amide bonds. The van der Waals surface area contributed by atoms with Crippen molar-refractivity contribution in [3.05, 3.63) is 17.7 Å². The first-order chi connectivity index (χ1) is 12.3. The van der Waals surface area contributed by atoms with Gasteiger partial charge in [0.2, 0.25) is 5.95 Å². The van der Waals surface area contributed by atoms with E-state index in [0.717, 1.165) is 28.1 Å². The van der Waals surface area contributed by atoms with Crippen LogP contribution >= 0.6 is 11.8 Å². The fourth-order valence-electron chi connectivity index (χ4n) is 2.16. The largest absolute Gasteiger partial charge is 0.460 e. The van der Waals surface area contributed by atoms with Crippen molar-refractivity contribution in [3.8, 4) is 0 Å². The summed E-state index contributed by atoms with van der Waals surface area (Å²) >= 11 is 1.69. The second-order valence-corrected chi connectivity index (χ2v) is 7.95. The van der Waals surface area contributed by atoms with Gasteiger partial charge in [0.05, 0.1) is 23.6 Å². The van der Waals surface area contributed by atoms with Crippen LogP contribution < -0.4 is 5.32 Å². The summed E-state index contributed by atoms with van der Waals surface area (Å²) in [6, 6.07) is 3.88. The Labute approximate surface area is 157 Å². The van der Waals surface area contributed by atoms with Gasteiger partial charge in [-0.3, -0.25) is 10.1 Å². The van der Waals surface area contributed by atoms with Crippen molar-refractivity contribution in [1.82, 2.24) is 9.97 Å². The Morgan fingerprint density at radius 1 is 1.31 bits per heavy atom. The zero-order chi connectivity index (χ0) is 19.3. The molecule has 142 valence electrons. The van der Waals surface area contributed by atoms with Gasteiger partial charge in [0.25, 0.3) is 0 Å². The number of carbonyl (C=O) groups is 2. The number of carbonyl (C=O) groups excluding carboxylic acids is 2. The number of rotatable bonds is 6. The van der Waals surface area contributed by atoms with Gasteiger partial charge in [0.1, 0.15) is 6.61 Å². The van der Waals surface area contributed by atoms with E-state index in [0.29, 0.717) is 5.52 Å². The maximum absolute atomic E-state index is 12.2. The number of hydrogen-bond donors (Lipinski definition) is 2. The highest BCUT2D eigenvalue weighted by Crippen LogP contribution is 2.31. The third-order valence-electron chi connectivity index (χ3n) is 3.54. The summed E-state index contributed by atoms with van der Waals surface area (Å²) in [6.45, 7) is 7.68. The number of fused-ring (bicyclic) bond motifs is 1. The van der Waals surface area contributed by atoms with Crippen molar-refractivity contribution in [1.29, 1.82) is 0 Å². The molecule has 7 nitrogen and oxygen atoms in total. The number of ether oxygens (including phenoxy) is 2. The van der Waals surface area contributed by atoms with Crippen LogP contribution in [0.2, 0.25) is 0 Å². The van der Waals surface area contributed by atoms with Crippen LogP contribution in [0.5, 0.6) is 0 Å². The molecule has 0 aliphatic rings. The van der Waals surface area contributed by atoms with Gasteiger partial charge in [-0.15, -0.1) is 11.8 Å². The van der Waals surface area contributed by atoms with Crippen LogP contribution in [-0.2, 0) is 20.9 Å². The summed E-state index contributed by atoms with van der Waals surface area (Å²) in [5, 5.41) is 2.52. The van der Waals surface area contributed by atoms with Gasteiger partial charge in [-0.05, 0) is 45.1 Å². The van der Waals surface area contributed by atoms with E-state index in [-0.39, 0.29) is 18.5 Å². The summed E-state index contributed by atoms with van der Waals surface area (Å²) in [5.74, 6) is 0.959. The minimum Gasteiger partial charge on any atom is -0.460 e. The molecule has 2 aromatic rings. The predicted octanol–water partition coefficient (Wildman–Crippen LogP) is 4.33. The van der Waals surface area contributed by atoms with Crippen molar-refractivity contribution in [2.24, 2.45) is 5.41 Å². The topological polar surface area (TPSA) is 93.3 Å². The molecule has 0 radical (unpaired) electrons. The highest BCUT2D eigenvalue weighted by atomic mass is 32.2. The van der Waals surface area contributed by atoms with Crippen LogP contribution in [0.4, 0.5) is 10.7 Å². The van der Waals surface area contributed by atoms with Crippen LogP contribution in [0, 0.1) is 5.41 Å². The first-order valence-corrected chi connectivity index (χ1v) is 9.41. The number of thioether (sulfide) groups is 1. The van der Waals surface area contributed by atoms with Gasteiger partial charge in [-0.1, -0.05) is 6.92 Å². The number of amides is 1. The molecule has 2 N–H and O–H groups in total. The summed E-state index contributed by atoms with van der Waals surface area (Å²) in [6.07, 6.45) is 0.421. The number of H-pyrrole nitrogens is 1. The third-order valence-corrected chi connectivity index (χ3v) is 4.85. The second-order valence-electron chi connectivity index (χ2n) is 6.82. The van der Waals surface area contributed by atoms with Crippen LogP contribution in [0.3, 0.4) is 0 Å². The maximum atomic E-state index is 12.2. The Morgan fingerprint density at radius 3 is 2.65 bits per heavy atom. The lowest BCUT2D eigenvalue weighted by Crippen LogP contribution is -2.22. The number of benzene rings is 1. The van der Waals surface area contributed by atoms with E-state index in [9.17, 15) is 9.59 Å². The highest BCUT2D eigenvalue weighted by Gasteiger charge is 2.24. The van der Waals surface area contributed by atoms with Crippen molar-refractivity contribution in [2.45, 2.75) is 45.6 Å². The van der Waals surface area contributed by atoms with Crippen LogP contribution in [0.1, 0.15) is 39.7 Å². The van der Waals surface area contributed by atoms with E-state index in [2.05, 4.69) is 26.9 Å². The van der Waals surface area contributed by atoms with Gasteiger partial charge in [-0.2, -0.15) is 0 Å². The Balaban J connectivity index is 2.37. The summed E-state index contributed by atoms with van der Waals surface area (Å²) < 4.78 is 10.1. The number of nitrogens with one attached hydrogen (secondary N) is 2. The molecule has 1 aromatic heterocycles. The van der Waals surface area contributed by atoms with E-state index in [1.54, 1.807) is 11.8 Å². The molecule has 0 saturated carbocycles. The molecule has 0 saturated heterocycles. The Hall–Kier alpha value is -2.22. The number of hydrogen-bond acceptors (Lipinski definition) is 6. The molecule has 0 aliphatic heterocycles. The van der Waals surface area contributed by atoms with Crippen molar-refractivity contribution < 1.29 is 19.1 Å². The van der Waals surface area contributed by atoms with Gasteiger partial charge in [0.15, 0.2) is 0 Å². The maximum Gasteiger partial charge on any atom is 0.413 e. The minimum atomic E-state index is -0.606. The van der Waals surface area contributed by atoms with E-state index in [4.69, 9.17) is 4.74 Å². The number of esters is 1. The molecular formula is C18H25N3O4S. The Morgan fingerprint density at radius 2 is 2.04 bits per heavy atom. The molecule has 0 aliphatic carbocycles. The summed E-state index contributed by atoms with van der Waals surface area (Å²) in [7, 11) is 1.29. The quantitative estimate of drug-likeness (QED) is 0.573. The smallest absolute Gasteiger partial charge is 0.413 e. The lowest BCUT2D eigenvalue weighted by molar-refractivity contribution is -0.154. The Kier molecular flexibility index (Phi) is 6.52. The molecule has 8 heteroatoms. The van der Waals surface area contributed by atoms with E-state index in [1.165, 1.54) is 7.11 Å². The van der Waals surface area contributed by atoms with Crippen molar-refractivity contribution in [3.63, 3.8) is 0 Å². The van der Waals surface area contributed by atoms with Gasteiger partial charge >= 0.3 is 12.1 Å². The fourth-order valence-corrected chi connectivity index (χ4v) is 3.08. The Bertz CT molecular complexity index is 796. The molecule has 1 aromatic carbocycles. The monoisotopic (exact) mass is 379 g/mol. The number of methoxy groups -OCH3 is 1. The molecular weight excluding hydrogens is 354 g/mol. The zero-order valence-corrected chi connectivity index (χ0v) is 16.6. The number of imidazole rings is 1. The van der Waals surface area contributed by atoms with Gasteiger partial charge in [-0.25, -0.2) is 9.78 Å². The molecule has 1 heterocycles. The fraction of sp³-hybridized carbons (Fsp3) is 0.500. The lowest BCUT2D eigenvalue weighted by Gasteiger charge is -2.17. The van der Waals surface area contributed by atoms with Crippen molar-refractivity contribution in [2.75, 3.05) is 18.2 Å². The molecule has 0 fully saturated rings. The highest BCUT2D eigenvalue weighted by molar-refractivity contribution is 7.99. The third kappa shape index (κ3) is 4.91. The predicted molar refractivity (Wildman–Crippen MR) is 102 cm³/mol. The standard InChI is InChI=1S/C18H25N3O4S/c1-6-9-26-13-8-7-12-14(20-16(19-12)21-17(23)24-5)11(13)10-25-15(22)18(2,3)4/h7-8H,6,9-10H2,1-5H3,(H2,19,20,21,23). The van der Waals surface area contributed by atoms with Crippen LogP contribution in [0.25, 0.3) is 11.0 Å². The van der Waals surface area contributed by atoms with Crippen molar-refractivity contribution >= 4 is 40.8 Å². The number of anilines is 1. The molecule has 0 atom stereocenters. The van der Waals surface area contributed by atoms with Crippen LogP contribution in [-0.4, -0.2) is 34.9 Å². The average molecular weight is 379 g/mol. The lowest BCUT2D eigenvalue weighted by atomic mass is 9.97. The second kappa shape index (κ2) is 8.44. The zero-order valence-electron chi connectivity index (χ0n) is 15.8. The molecule has 26 heavy (non-hydrogen) atoms. The molecule has 0 bridgehead atoms. The van der Waals surface area contributed by atoms with E-state index in [1.807, 2.05) is 32.9 Å². The normalized spacial score (nSPS) is 11.4. The first-order valence-electron chi connectivity index (χ1n) is 8.42. The van der Waals surface area contributed by atoms with Gasteiger partial charge in [0, 0.05) is 10.5 Å². The van der Waals surface area contributed by atoms with Crippen LogP contribution in [0.15, 0.2) is 17.0 Å². The summed E-state index contributed by atoms with van der Waals surface area (Å²) in [4.78, 5) is 32.0. The van der Waals surface area contributed by atoms with Gasteiger partial charge < -0.3 is 14.5 Å². The molecule has 0 spiro atoms. The number of nitrogens with zero attached hydrogens (tertiary/aromatic N) is 1. The number of aromatic nitrogens is 2. The summed E-state index contributed by atoms with van der Waals surface area (Å²) in [5.41, 5.74) is 1.67. The van der Waals surface area contributed by atoms with E-state index >= 15 is 0 Å². The SMILES string of the molecule is CCCSc1ccc2[nH]c(NC(=O)OC)nc2c1COC(=O)C(C)(C)C. The van der Waals surface area contributed by atoms with E-state index < -0.39 is 11.5 Å².